The van der Waals surface area contributed by atoms with E-state index < -0.39 is 0 Å². The van der Waals surface area contributed by atoms with Gasteiger partial charge in [-0.3, -0.25) is 5.43 Å². The number of terminal acetylenes is 1. The molecule has 0 atom stereocenters. The van der Waals surface area contributed by atoms with Crippen LogP contribution in [0.25, 0.3) is 0 Å². The zero-order chi connectivity index (χ0) is 16.7. The molecule has 0 aliphatic carbocycles. The van der Waals surface area contributed by atoms with Gasteiger partial charge in [-0.25, -0.2) is 0 Å². The Bertz CT molecular complexity index is 746. The molecular weight excluding hydrogens is 288 g/mol. The van der Waals surface area contributed by atoms with Crippen LogP contribution in [0.5, 0.6) is 11.5 Å². The van der Waals surface area contributed by atoms with E-state index in [1.165, 1.54) is 5.56 Å². The number of rotatable bonds is 6. The van der Waals surface area contributed by atoms with E-state index in [0.717, 1.165) is 16.8 Å². The van der Waals surface area contributed by atoms with E-state index in [0.29, 0.717) is 11.5 Å². The maximum absolute atomic E-state index is 5.41. The number of aryl methyl sites for hydroxylation is 2. The molecular formula is C19H20N2O2. The number of hydrogen-bond donors (Lipinski definition) is 1. The number of nitrogens with zero attached hydrogens (tertiary/aromatic N) is 1. The minimum atomic E-state index is 0.206. The molecule has 0 aliphatic heterocycles. The van der Waals surface area contributed by atoms with Gasteiger partial charge >= 0.3 is 0 Å². The van der Waals surface area contributed by atoms with Gasteiger partial charge in [-0.1, -0.05) is 23.6 Å². The van der Waals surface area contributed by atoms with Crippen molar-refractivity contribution in [3.8, 4) is 23.8 Å². The van der Waals surface area contributed by atoms with Crippen molar-refractivity contribution in [2.45, 2.75) is 13.8 Å². The molecule has 0 saturated carbocycles. The van der Waals surface area contributed by atoms with Crippen LogP contribution in [0.3, 0.4) is 0 Å². The van der Waals surface area contributed by atoms with Crippen molar-refractivity contribution in [3.63, 3.8) is 0 Å². The molecule has 2 aromatic rings. The van der Waals surface area contributed by atoms with Crippen molar-refractivity contribution >= 4 is 11.9 Å². The number of anilines is 1. The van der Waals surface area contributed by atoms with E-state index in [4.69, 9.17) is 15.9 Å². The first kappa shape index (κ1) is 16.4. The summed E-state index contributed by atoms with van der Waals surface area (Å²) >= 11 is 0. The van der Waals surface area contributed by atoms with E-state index in [2.05, 4.69) is 29.4 Å². The minimum absolute atomic E-state index is 0.206. The molecule has 0 unspecified atom stereocenters. The van der Waals surface area contributed by atoms with Crippen LogP contribution in [0.1, 0.15) is 16.7 Å². The lowest BCUT2D eigenvalue weighted by Gasteiger charge is -2.09. The average Bonchev–Trinajstić information content (AvgIpc) is 2.55. The van der Waals surface area contributed by atoms with Crippen molar-refractivity contribution in [2.75, 3.05) is 19.1 Å². The maximum atomic E-state index is 5.41. The lowest BCUT2D eigenvalue weighted by atomic mass is 10.1. The summed E-state index contributed by atoms with van der Waals surface area (Å²) in [7, 11) is 1.59. The van der Waals surface area contributed by atoms with E-state index in [1.54, 1.807) is 13.3 Å². The Morgan fingerprint density at radius 2 is 2.00 bits per heavy atom. The average molecular weight is 308 g/mol. The SMILES string of the molecule is C#CCOc1ccc(C=NNc2ccc(C)cc2C)cc1OC. The highest BCUT2D eigenvalue weighted by molar-refractivity contribution is 5.81. The molecule has 0 radical (unpaired) electrons. The van der Waals surface area contributed by atoms with Gasteiger partial charge in [0.25, 0.3) is 0 Å². The molecule has 0 bridgehead atoms. The molecule has 23 heavy (non-hydrogen) atoms. The summed E-state index contributed by atoms with van der Waals surface area (Å²) in [6, 6.07) is 11.7. The first-order chi connectivity index (χ1) is 11.1. The van der Waals surface area contributed by atoms with E-state index in [1.807, 2.05) is 37.3 Å². The maximum Gasteiger partial charge on any atom is 0.162 e. The van der Waals surface area contributed by atoms with Crippen LogP contribution in [0, 0.1) is 26.2 Å². The number of hydrogen-bond acceptors (Lipinski definition) is 4. The van der Waals surface area contributed by atoms with Gasteiger partial charge in [-0.2, -0.15) is 5.10 Å². The third-order valence-corrected chi connectivity index (χ3v) is 3.28. The van der Waals surface area contributed by atoms with Gasteiger partial charge in [-0.15, -0.1) is 6.42 Å². The summed E-state index contributed by atoms with van der Waals surface area (Å²) in [5.74, 6) is 3.67. The van der Waals surface area contributed by atoms with Crippen LogP contribution in [0.15, 0.2) is 41.5 Å². The molecule has 2 aromatic carbocycles. The van der Waals surface area contributed by atoms with Gasteiger partial charge in [0.15, 0.2) is 11.5 Å². The summed E-state index contributed by atoms with van der Waals surface area (Å²) in [5.41, 5.74) is 7.30. The fourth-order valence-corrected chi connectivity index (χ4v) is 2.12. The van der Waals surface area contributed by atoms with Crippen LogP contribution < -0.4 is 14.9 Å². The van der Waals surface area contributed by atoms with Crippen molar-refractivity contribution in [2.24, 2.45) is 5.10 Å². The summed E-state index contributed by atoms with van der Waals surface area (Å²) < 4.78 is 10.7. The van der Waals surface area contributed by atoms with Crippen molar-refractivity contribution < 1.29 is 9.47 Å². The zero-order valence-electron chi connectivity index (χ0n) is 13.6. The molecule has 4 heteroatoms. The Morgan fingerprint density at radius 3 is 2.70 bits per heavy atom. The second-order valence-electron chi connectivity index (χ2n) is 5.09. The fourth-order valence-electron chi connectivity index (χ4n) is 2.12. The number of benzene rings is 2. The molecule has 0 aromatic heterocycles. The lowest BCUT2D eigenvalue weighted by molar-refractivity contribution is 0.331. The largest absolute Gasteiger partial charge is 0.493 e. The molecule has 0 spiro atoms. The molecule has 0 aliphatic rings. The Kier molecular flexibility index (Phi) is 5.65. The molecule has 4 nitrogen and oxygen atoms in total. The minimum Gasteiger partial charge on any atom is -0.493 e. The monoisotopic (exact) mass is 308 g/mol. The highest BCUT2D eigenvalue weighted by Crippen LogP contribution is 2.27. The predicted octanol–water partition coefficient (Wildman–Crippen LogP) is 3.77. The number of hydrazone groups is 1. The van der Waals surface area contributed by atoms with Crippen LogP contribution >= 0.6 is 0 Å². The molecule has 2 rings (SSSR count). The van der Waals surface area contributed by atoms with Crippen LogP contribution in [-0.2, 0) is 0 Å². The van der Waals surface area contributed by atoms with Gasteiger partial charge in [0.05, 0.1) is 19.0 Å². The zero-order valence-corrected chi connectivity index (χ0v) is 13.6. The van der Waals surface area contributed by atoms with Gasteiger partial charge in [0.1, 0.15) is 6.61 Å². The topological polar surface area (TPSA) is 42.8 Å². The van der Waals surface area contributed by atoms with Gasteiger partial charge in [0, 0.05) is 0 Å². The Morgan fingerprint density at radius 1 is 1.17 bits per heavy atom. The van der Waals surface area contributed by atoms with Crippen LogP contribution in [-0.4, -0.2) is 19.9 Å². The van der Waals surface area contributed by atoms with Crippen LogP contribution in [0.2, 0.25) is 0 Å². The predicted molar refractivity (Wildman–Crippen MR) is 94.5 cm³/mol. The summed E-state index contributed by atoms with van der Waals surface area (Å²) in [5, 5.41) is 4.27. The summed E-state index contributed by atoms with van der Waals surface area (Å²) in [6.45, 7) is 4.32. The third-order valence-electron chi connectivity index (χ3n) is 3.28. The lowest BCUT2D eigenvalue weighted by Crippen LogP contribution is -1.98. The van der Waals surface area contributed by atoms with Crippen molar-refractivity contribution in [3.05, 3.63) is 53.1 Å². The quantitative estimate of drug-likeness (QED) is 0.502. The van der Waals surface area contributed by atoms with Crippen molar-refractivity contribution in [1.82, 2.24) is 0 Å². The van der Waals surface area contributed by atoms with E-state index in [9.17, 15) is 0 Å². The molecule has 0 amide bonds. The Hall–Kier alpha value is -2.93. The second-order valence-corrected chi connectivity index (χ2v) is 5.09. The Labute approximate surface area is 137 Å². The second kappa shape index (κ2) is 7.90. The summed E-state index contributed by atoms with van der Waals surface area (Å²) in [4.78, 5) is 0. The first-order valence-electron chi connectivity index (χ1n) is 7.24. The number of nitrogens with one attached hydrogen (secondary N) is 1. The third kappa shape index (κ3) is 4.52. The van der Waals surface area contributed by atoms with Gasteiger partial charge in [-0.05, 0) is 49.2 Å². The molecule has 0 fully saturated rings. The molecule has 0 heterocycles. The highest BCUT2D eigenvalue weighted by atomic mass is 16.5. The Balaban J connectivity index is 2.09. The summed E-state index contributed by atoms with van der Waals surface area (Å²) in [6.07, 6.45) is 6.92. The van der Waals surface area contributed by atoms with E-state index in [-0.39, 0.29) is 6.61 Å². The smallest absolute Gasteiger partial charge is 0.162 e. The van der Waals surface area contributed by atoms with E-state index >= 15 is 0 Å². The molecule has 118 valence electrons. The van der Waals surface area contributed by atoms with Crippen LogP contribution in [0.4, 0.5) is 5.69 Å². The fraction of sp³-hybridized carbons (Fsp3) is 0.211. The van der Waals surface area contributed by atoms with Gasteiger partial charge in [0.2, 0.25) is 0 Å². The number of methoxy groups -OCH3 is 1. The number of ether oxygens (including phenoxy) is 2. The first-order valence-corrected chi connectivity index (χ1v) is 7.24. The van der Waals surface area contributed by atoms with Crippen molar-refractivity contribution in [1.29, 1.82) is 0 Å². The standard InChI is InChI=1S/C19H20N2O2/c1-5-10-23-18-9-7-16(12-19(18)22-4)13-20-21-17-8-6-14(2)11-15(17)3/h1,6-9,11-13,21H,10H2,2-4H3. The normalized spacial score (nSPS) is 10.3. The highest BCUT2D eigenvalue weighted by Gasteiger charge is 2.04. The van der Waals surface area contributed by atoms with Gasteiger partial charge < -0.3 is 9.47 Å². The molecule has 0 saturated heterocycles. The molecule has 1 N–H and O–H groups in total.